The number of hydrogen-bond acceptors (Lipinski definition) is 6. The number of nitrogens with zero attached hydrogens (tertiary/aromatic N) is 1. The molecule has 0 saturated carbocycles. The lowest BCUT2D eigenvalue weighted by atomic mass is 9.78. The van der Waals surface area contributed by atoms with E-state index in [0.29, 0.717) is 35.2 Å². The first-order valence-electron chi connectivity index (χ1n) is 11.1. The van der Waals surface area contributed by atoms with E-state index in [1.165, 1.54) is 12.1 Å². The van der Waals surface area contributed by atoms with E-state index in [1.807, 2.05) is 37.3 Å². The van der Waals surface area contributed by atoms with E-state index in [2.05, 4.69) is 21.2 Å². The molecule has 1 aliphatic rings. The maximum atomic E-state index is 13.2. The molecular weight excluding hydrogens is 500 g/mol. The standard InChI is InChI=1S/C26H27BrN2O5/c1-3-34-26(31)25-23(13-12-22(27)18-8-5-4-6-9-18)28-17(2)21(14-15-30)24(25)19-10-7-11-20(16-19)29(32)33/h4-11,15-16,22,24,28H,3,12-14H2,1-2H3. The summed E-state index contributed by atoms with van der Waals surface area (Å²) in [7, 11) is 0. The first-order chi connectivity index (χ1) is 16.4. The second-order valence-corrected chi connectivity index (χ2v) is 9.07. The number of dihydropyridines is 1. The maximum Gasteiger partial charge on any atom is 0.336 e. The van der Waals surface area contributed by atoms with Crippen LogP contribution in [-0.4, -0.2) is 23.8 Å². The van der Waals surface area contributed by atoms with Crippen LogP contribution >= 0.6 is 15.9 Å². The Morgan fingerprint density at radius 1 is 1.24 bits per heavy atom. The van der Waals surface area contributed by atoms with Gasteiger partial charge in [-0.05, 0) is 43.4 Å². The predicted octanol–water partition coefficient (Wildman–Crippen LogP) is 5.88. The van der Waals surface area contributed by atoms with E-state index in [0.717, 1.165) is 17.5 Å². The third-order valence-electron chi connectivity index (χ3n) is 5.80. The molecule has 8 heteroatoms. The molecule has 1 aliphatic heterocycles. The molecule has 3 rings (SSSR count). The smallest absolute Gasteiger partial charge is 0.336 e. The van der Waals surface area contributed by atoms with Gasteiger partial charge in [0.1, 0.15) is 6.29 Å². The molecule has 2 unspecified atom stereocenters. The number of allylic oxidation sites excluding steroid dienone is 3. The summed E-state index contributed by atoms with van der Waals surface area (Å²) in [6.07, 6.45) is 2.11. The van der Waals surface area contributed by atoms with Gasteiger partial charge in [0.25, 0.3) is 5.69 Å². The molecule has 34 heavy (non-hydrogen) atoms. The fourth-order valence-electron chi connectivity index (χ4n) is 4.23. The van der Waals surface area contributed by atoms with E-state index in [-0.39, 0.29) is 23.5 Å². The Labute approximate surface area is 207 Å². The Morgan fingerprint density at radius 2 is 1.97 bits per heavy atom. The molecule has 0 bridgehead atoms. The van der Waals surface area contributed by atoms with Crippen LogP contribution in [0.15, 0.2) is 77.1 Å². The summed E-state index contributed by atoms with van der Waals surface area (Å²) in [5, 5.41) is 14.7. The minimum Gasteiger partial charge on any atom is -0.463 e. The fraction of sp³-hybridized carbons (Fsp3) is 0.308. The Hall–Kier alpha value is -3.26. The zero-order valence-corrected chi connectivity index (χ0v) is 20.7. The van der Waals surface area contributed by atoms with Crippen molar-refractivity contribution in [2.45, 2.75) is 43.9 Å². The number of nitrogens with one attached hydrogen (secondary N) is 1. The van der Waals surface area contributed by atoms with Crippen LogP contribution in [0.25, 0.3) is 0 Å². The SMILES string of the molecule is CCOC(=O)C1=C(CCC(Br)c2ccccc2)NC(C)=C(CC=O)C1c1cccc([N+](=O)[O-])c1. The largest absolute Gasteiger partial charge is 0.463 e. The van der Waals surface area contributed by atoms with Gasteiger partial charge < -0.3 is 14.8 Å². The zero-order chi connectivity index (χ0) is 24.7. The number of halogens is 1. The molecule has 2 atom stereocenters. The highest BCUT2D eigenvalue weighted by Gasteiger charge is 2.35. The van der Waals surface area contributed by atoms with Crippen molar-refractivity contribution in [1.82, 2.24) is 5.32 Å². The number of benzene rings is 2. The van der Waals surface area contributed by atoms with Gasteiger partial charge in [-0.25, -0.2) is 4.79 Å². The molecule has 1 N–H and O–H groups in total. The third-order valence-corrected chi connectivity index (χ3v) is 6.79. The molecule has 0 fully saturated rings. The number of nitro groups is 1. The highest BCUT2D eigenvalue weighted by Crippen LogP contribution is 2.42. The summed E-state index contributed by atoms with van der Waals surface area (Å²) >= 11 is 3.74. The van der Waals surface area contributed by atoms with Crippen LogP contribution in [0, 0.1) is 10.1 Å². The highest BCUT2D eigenvalue weighted by atomic mass is 79.9. The average molecular weight is 527 g/mol. The van der Waals surface area contributed by atoms with Crippen LogP contribution < -0.4 is 5.32 Å². The molecule has 0 spiro atoms. The number of carbonyl (C=O) groups excluding carboxylic acids is 2. The van der Waals surface area contributed by atoms with Gasteiger partial charge in [0, 0.05) is 40.7 Å². The van der Waals surface area contributed by atoms with Gasteiger partial charge in [-0.3, -0.25) is 10.1 Å². The van der Waals surface area contributed by atoms with Crippen LogP contribution in [0.1, 0.15) is 55.0 Å². The summed E-state index contributed by atoms with van der Waals surface area (Å²) in [5.74, 6) is -1.12. The summed E-state index contributed by atoms with van der Waals surface area (Å²) in [4.78, 5) is 35.7. The van der Waals surface area contributed by atoms with E-state index in [9.17, 15) is 19.7 Å². The van der Waals surface area contributed by atoms with Crippen LogP contribution in [0.3, 0.4) is 0 Å². The van der Waals surface area contributed by atoms with Crippen molar-refractivity contribution in [2.24, 2.45) is 0 Å². The van der Waals surface area contributed by atoms with Crippen molar-refractivity contribution in [3.63, 3.8) is 0 Å². The van der Waals surface area contributed by atoms with Crippen molar-refractivity contribution >= 4 is 33.9 Å². The molecule has 0 aliphatic carbocycles. The van der Waals surface area contributed by atoms with Crippen molar-refractivity contribution in [1.29, 1.82) is 0 Å². The number of alkyl halides is 1. The van der Waals surface area contributed by atoms with E-state index >= 15 is 0 Å². The second kappa shape index (κ2) is 11.7. The van der Waals surface area contributed by atoms with Crippen LogP contribution in [-0.2, 0) is 14.3 Å². The van der Waals surface area contributed by atoms with Gasteiger partial charge in [-0.15, -0.1) is 0 Å². The quantitative estimate of drug-likeness (QED) is 0.136. The van der Waals surface area contributed by atoms with Gasteiger partial charge in [0.05, 0.1) is 17.1 Å². The zero-order valence-electron chi connectivity index (χ0n) is 19.1. The van der Waals surface area contributed by atoms with E-state index in [1.54, 1.807) is 19.1 Å². The molecule has 1 heterocycles. The van der Waals surface area contributed by atoms with Gasteiger partial charge in [-0.2, -0.15) is 0 Å². The van der Waals surface area contributed by atoms with Crippen LogP contribution in [0.4, 0.5) is 5.69 Å². The first kappa shape index (κ1) is 25.4. The minimum absolute atomic E-state index is 0.0726. The number of nitro benzene ring substituents is 1. The lowest BCUT2D eigenvalue weighted by Gasteiger charge is -2.32. The van der Waals surface area contributed by atoms with E-state index < -0.39 is 16.8 Å². The van der Waals surface area contributed by atoms with Crippen molar-refractivity contribution in [3.8, 4) is 0 Å². The Balaban J connectivity index is 2.07. The number of aldehydes is 1. The highest BCUT2D eigenvalue weighted by molar-refractivity contribution is 9.09. The molecule has 2 aromatic rings. The number of non-ortho nitro benzene ring substituents is 1. The van der Waals surface area contributed by atoms with E-state index in [4.69, 9.17) is 4.74 Å². The number of ether oxygens (including phenoxy) is 1. The summed E-state index contributed by atoms with van der Waals surface area (Å²) < 4.78 is 5.40. The van der Waals surface area contributed by atoms with Crippen molar-refractivity contribution in [2.75, 3.05) is 6.61 Å². The second-order valence-electron chi connectivity index (χ2n) is 7.96. The lowest BCUT2D eigenvalue weighted by molar-refractivity contribution is -0.384. The van der Waals surface area contributed by atoms with Gasteiger partial charge >= 0.3 is 5.97 Å². The Bertz CT molecular complexity index is 1130. The first-order valence-corrected chi connectivity index (χ1v) is 12.0. The molecular formula is C26H27BrN2O5. The van der Waals surface area contributed by atoms with Crippen molar-refractivity contribution in [3.05, 3.63) is 98.4 Å². The number of esters is 1. The predicted molar refractivity (Wildman–Crippen MR) is 133 cm³/mol. The topological polar surface area (TPSA) is 98.5 Å². The average Bonchev–Trinajstić information content (AvgIpc) is 2.84. The van der Waals surface area contributed by atoms with Gasteiger partial charge in [0.2, 0.25) is 0 Å². The molecule has 7 nitrogen and oxygen atoms in total. The molecule has 178 valence electrons. The number of rotatable bonds is 10. The number of hydrogen-bond donors (Lipinski definition) is 1. The Morgan fingerprint density at radius 3 is 2.62 bits per heavy atom. The van der Waals surface area contributed by atoms with Gasteiger partial charge in [-0.1, -0.05) is 58.4 Å². The third kappa shape index (κ3) is 5.80. The summed E-state index contributed by atoms with van der Waals surface area (Å²) in [6, 6.07) is 16.2. The normalized spacial score (nSPS) is 16.6. The summed E-state index contributed by atoms with van der Waals surface area (Å²) in [5.41, 5.74) is 4.17. The van der Waals surface area contributed by atoms with Crippen molar-refractivity contribution < 1.29 is 19.2 Å². The van der Waals surface area contributed by atoms with Gasteiger partial charge in [0.15, 0.2) is 0 Å². The summed E-state index contributed by atoms with van der Waals surface area (Å²) in [6.45, 7) is 3.77. The fourth-order valence-corrected chi connectivity index (χ4v) is 4.77. The minimum atomic E-state index is -0.620. The molecule has 2 aromatic carbocycles. The molecule has 0 radical (unpaired) electrons. The van der Waals surface area contributed by atoms with Crippen LogP contribution in [0.5, 0.6) is 0 Å². The van der Waals surface area contributed by atoms with Crippen LogP contribution in [0.2, 0.25) is 0 Å². The number of carbonyl (C=O) groups is 2. The monoisotopic (exact) mass is 526 g/mol. The molecule has 0 amide bonds. The lowest BCUT2D eigenvalue weighted by Crippen LogP contribution is -2.30. The molecule has 0 saturated heterocycles. The Kier molecular flexibility index (Phi) is 8.76. The molecule has 0 aromatic heterocycles. The maximum absolute atomic E-state index is 13.2.